The molecule has 3 rings (SSSR count). The summed E-state index contributed by atoms with van der Waals surface area (Å²) in [6, 6.07) is 3.48. The Morgan fingerprint density at radius 1 is 1.00 bits per heavy atom. The fourth-order valence-electron chi connectivity index (χ4n) is 4.04. The van der Waals surface area contributed by atoms with Crippen LogP contribution >= 0.6 is 0 Å². The number of rotatable bonds is 7. The summed E-state index contributed by atoms with van der Waals surface area (Å²) in [6.07, 6.45) is 1.81. The lowest BCUT2D eigenvalue weighted by atomic mass is 9.96. The molecule has 0 N–H and O–H groups in total. The maximum atomic E-state index is 12.2. The van der Waals surface area contributed by atoms with Gasteiger partial charge in [-0.15, -0.1) is 10.2 Å². The van der Waals surface area contributed by atoms with Crippen molar-refractivity contribution in [1.82, 2.24) is 20.0 Å². The Kier molecular flexibility index (Phi) is 8.85. The molecule has 33 heavy (non-hydrogen) atoms. The van der Waals surface area contributed by atoms with Gasteiger partial charge in [-0.25, -0.2) is 9.59 Å². The summed E-state index contributed by atoms with van der Waals surface area (Å²) >= 11 is 0. The SMILES string of the molecule is COCCOC(=O)c1ccc(N2CCN(CC3CCN(C(=O)OC(C)(C)C)CC3)CC2)nn1. The second-order valence-electron chi connectivity index (χ2n) is 9.60. The highest BCUT2D eigenvalue weighted by Crippen LogP contribution is 2.22. The molecule has 10 nitrogen and oxygen atoms in total. The molecule has 0 bridgehead atoms. The number of likely N-dealkylation sites (tertiary alicyclic amines) is 1. The minimum Gasteiger partial charge on any atom is -0.458 e. The molecule has 2 aliphatic heterocycles. The number of methoxy groups -OCH3 is 1. The van der Waals surface area contributed by atoms with Gasteiger partial charge in [0.15, 0.2) is 11.5 Å². The van der Waals surface area contributed by atoms with E-state index in [-0.39, 0.29) is 18.4 Å². The first-order valence-electron chi connectivity index (χ1n) is 11.7. The minimum atomic E-state index is -0.492. The van der Waals surface area contributed by atoms with E-state index in [1.165, 1.54) is 0 Å². The molecule has 0 atom stereocenters. The summed E-state index contributed by atoms with van der Waals surface area (Å²) in [5.41, 5.74) is -0.253. The van der Waals surface area contributed by atoms with E-state index in [4.69, 9.17) is 14.2 Å². The molecule has 184 valence electrons. The van der Waals surface area contributed by atoms with Crippen molar-refractivity contribution in [2.24, 2.45) is 5.92 Å². The fraction of sp³-hybridized carbons (Fsp3) is 0.739. The number of piperazine rings is 1. The summed E-state index contributed by atoms with van der Waals surface area (Å²) < 4.78 is 15.4. The highest BCUT2D eigenvalue weighted by Gasteiger charge is 2.28. The molecule has 0 saturated carbocycles. The van der Waals surface area contributed by atoms with Crippen molar-refractivity contribution in [3.63, 3.8) is 0 Å². The van der Waals surface area contributed by atoms with Crippen LogP contribution in [0, 0.1) is 5.92 Å². The lowest BCUT2D eigenvalue weighted by Gasteiger charge is -2.39. The van der Waals surface area contributed by atoms with Gasteiger partial charge in [-0.05, 0) is 51.7 Å². The summed E-state index contributed by atoms with van der Waals surface area (Å²) in [5.74, 6) is 0.876. The summed E-state index contributed by atoms with van der Waals surface area (Å²) in [5, 5.41) is 8.24. The van der Waals surface area contributed by atoms with Crippen LogP contribution in [0.4, 0.5) is 10.6 Å². The molecule has 2 aliphatic rings. The maximum absolute atomic E-state index is 12.2. The third-order valence-electron chi connectivity index (χ3n) is 5.86. The van der Waals surface area contributed by atoms with E-state index in [1.54, 1.807) is 13.2 Å². The summed E-state index contributed by atoms with van der Waals surface area (Å²) in [7, 11) is 1.55. The second kappa shape index (κ2) is 11.6. The second-order valence-corrected chi connectivity index (χ2v) is 9.60. The monoisotopic (exact) mass is 463 g/mol. The van der Waals surface area contributed by atoms with E-state index in [2.05, 4.69) is 20.0 Å². The Bertz CT molecular complexity index is 766. The van der Waals surface area contributed by atoms with Crippen LogP contribution in [0.15, 0.2) is 12.1 Å². The topological polar surface area (TPSA) is 97.3 Å². The summed E-state index contributed by atoms with van der Waals surface area (Å²) in [4.78, 5) is 30.7. The number of nitrogens with zero attached hydrogens (tertiary/aromatic N) is 5. The first-order valence-corrected chi connectivity index (χ1v) is 11.7. The minimum absolute atomic E-state index is 0.195. The van der Waals surface area contributed by atoms with Crippen LogP contribution in [0.25, 0.3) is 0 Å². The van der Waals surface area contributed by atoms with Crippen molar-refractivity contribution < 1.29 is 23.8 Å². The molecule has 0 aromatic carbocycles. The molecule has 3 heterocycles. The lowest BCUT2D eigenvalue weighted by molar-refractivity contribution is 0.0168. The Morgan fingerprint density at radius 3 is 2.27 bits per heavy atom. The third-order valence-corrected chi connectivity index (χ3v) is 5.86. The van der Waals surface area contributed by atoms with Crippen molar-refractivity contribution in [2.75, 3.05) is 71.0 Å². The molecule has 2 saturated heterocycles. The Hall–Kier alpha value is -2.46. The van der Waals surface area contributed by atoms with Crippen LogP contribution in [0.2, 0.25) is 0 Å². The van der Waals surface area contributed by atoms with Gasteiger partial charge in [0.25, 0.3) is 0 Å². The number of ether oxygens (including phenoxy) is 3. The van der Waals surface area contributed by atoms with Crippen LogP contribution in [0.5, 0.6) is 0 Å². The highest BCUT2D eigenvalue weighted by atomic mass is 16.6. The Morgan fingerprint density at radius 2 is 1.70 bits per heavy atom. The van der Waals surface area contributed by atoms with Crippen molar-refractivity contribution >= 4 is 17.9 Å². The first-order chi connectivity index (χ1) is 15.7. The number of carbonyl (C=O) groups excluding carboxylic acids is 2. The molecular weight excluding hydrogens is 426 g/mol. The standard InChI is InChI=1S/C23H37N5O5/c1-23(2,3)33-22(30)28-9-7-18(8-10-28)17-26-11-13-27(14-12-26)20-6-5-19(24-25-20)21(29)32-16-15-31-4/h5-6,18H,7-17H2,1-4H3. The Labute approximate surface area is 196 Å². The summed E-state index contributed by atoms with van der Waals surface area (Å²) in [6.45, 7) is 12.4. The van der Waals surface area contributed by atoms with Gasteiger partial charge in [-0.2, -0.15) is 0 Å². The van der Waals surface area contributed by atoms with Gasteiger partial charge in [0.1, 0.15) is 12.2 Å². The van der Waals surface area contributed by atoms with Crippen molar-refractivity contribution in [2.45, 2.75) is 39.2 Å². The molecule has 0 spiro atoms. The van der Waals surface area contributed by atoms with Gasteiger partial charge in [-0.3, -0.25) is 4.90 Å². The third kappa shape index (κ3) is 7.82. The van der Waals surface area contributed by atoms with Gasteiger partial charge in [0.05, 0.1) is 6.61 Å². The van der Waals surface area contributed by atoms with Gasteiger partial charge < -0.3 is 24.0 Å². The predicted molar refractivity (Wildman–Crippen MR) is 123 cm³/mol. The fourth-order valence-corrected chi connectivity index (χ4v) is 4.04. The molecule has 1 amide bonds. The van der Waals surface area contributed by atoms with E-state index in [1.807, 2.05) is 31.7 Å². The molecule has 1 aromatic rings. The number of aromatic nitrogens is 2. The average Bonchev–Trinajstić information content (AvgIpc) is 2.79. The van der Waals surface area contributed by atoms with Crippen molar-refractivity contribution in [3.05, 3.63) is 17.8 Å². The largest absolute Gasteiger partial charge is 0.458 e. The zero-order chi connectivity index (χ0) is 23.8. The average molecular weight is 464 g/mol. The van der Waals surface area contributed by atoms with Crippen LogP contribution in [-0.2, 0) is 14.2 Å². The number of anilines is 1. The number of amides is 1. The molecule has 0 aliphatic carbocycles. The van der Waals surface area contributed by atoms with E-state index in [0.717, 1.165) is 64.5 Å². The van der Waals surface area contributed by atoms with Crippen molar-refractivity contribution in [3.8, 4) is 0 Å². The van der Waals surface area contributed by atoms with E-state index >= 15 is 0 Å². The normalized spacial score (nSPS) is 18.3. The van der Waals surface area contributed by atoms with E-state index in [9.17, 15) is 9.59 Å². The van der Waals surface area contributed by atoms with Gasteiger partial charge >= 0.3 is 12.1 Å². The lowest BCUT2D eigenvalue weighted by Crippen LogP contribution is -2.49. The first kappa shape index (κ1) is 25.2. The zero-order valence-corrected chi connectivity index (χ0v) is 20.3. The van der Waals surface area contributed by atoms with Crippen LogP contribution in [0.3, 0.4) is 0 Å². The van der Waals surface area contributed by atoms with Gasteiger partial charge in [0, 0.05) is 52.9 Å². The number of hydrogen-bond donors (Lipinski definition) is 0. The maximum Gasteiger partial charge on any atom is 0.410 e. The molecule has 2 fully saturated rings. The molecule has 0 unspecified atom stereocenters. The van der Waals surface area contributed by atoms with E-state index in [0.29, 0.717) is 12.5 Å². The number of esters is 1. The smallest absolute Gasteiger partial charge is 0.410 e. The Balaban J connectivity index is 1.38. The molecule has 10 heteroatoms. The number of hydrogen-bond acceptors (Lipinski definition) is 9. The molecule has 0 radical (unpaired) electrons. The quantitative estimate of drug-likeness (QED) is 0.444. The van der Waals surface area contributed by atoms with Crippen LogP contribution in [0.1, 0.15) is 44.1 Å². The molecule has 1 aromatic heterocycles. The predicted octanol–water partition coefficient (Wildman–Crippen LogP) is 2.05. The van der Waals surface area contributed by atoms with Crippen molar-refractivity contribution in [1.29, 1.82) is 0 Å². The highest BCUT2D eigenvalue weighted by molar-refractivity contribution is 5.87. The van der Waals surface area contributed by atoms with E-state index < -0.39 is 11.6 Å². The van der Waals surface area contributed by atoms with Gasteiger partial charge in [-0.1, -0.05) is 0 Å². The van der Waals surface area contributed by atoms with Gasteiger partial charge in [0.2, 0.25) is 0 Å². The van der Waals surface area contributed by atoms with Crippen LogP contribution in [-0.4, -0.2) is 104 Å². The number of piperidine rings is 1. The molecular formula is C23H37N5O5. The van der Waals surface area contributed by atoms with Crippen LogP contribution < -0.4 is 4.90 Å². The number of carbonyl (C=O) groups is 2. The zero-order valence-electron chi connectivity index (χ0n) is 20.3.